The van der Waals surface area contributed by atoms with Crippen molar-refractivity contribution >= 4 is 11.8 Å². The van der Waals surface area contributed by atoms with Crippen LogP contribution in [0.15, 0.2) is 53.1 Å². The average Bonchev–Trinajstić information content (AvgIpc) is 3.16. The molecule has 2 heterocycles. The van der Waals surface area contributed by atoms with E-state index in [9.17, 15) is 9.59 Å². The predicted octanol–water partition coefficient (Wildman–Crippen LogP) is 2.79. The van der Waals surface area contributed by atoms with Crippen molar-refractivity contribution in [2.45, 2.75) is 19.4 Å². The zero-order valence-corrected chi connectivity index (χ0v) is 12.5. The molecule has 1 aromatic carbocycles. The number of hydrogen-bond acceptors (Lipinski definition) is 4. The van der Waals surface area contributed by atoms with Crippen LogP contribution in [0.4, 0.5) is 0 Å². The SMILES string of the molecule is O=C1[C@H]2CC=CC[C@@H]2C(=O)N1Cc1cc(-c2ccccc2)on1. The molecule has 116 valence electrons. The van der Waals surface area contributed by atoms with Crippen LogP contribution in [0.1, 0.15) is 18.5 Å². The van der Waals surface area contributed by atoms with Crippen LogP contribution >= 0.6 is 0 Å². The van der Waals surface area contributed by atoms with Crippen molar-refractivity contribution in [3.63, 3.8) is 0 Å². The number of aromatic nitrogens is 1. The molecule has 0 N–H and O–H groups in total. The van der Waals surface area contributed by atoms with Gasteiger partial charge in [0.2, 0.25) is 11.8 Å². The fraction of sp³-hybridized carbons (Fsp3) is 0.278. The molecule has 23 heavy (non-hydrogen) atoms. The summed E-state index contributed by atoms with van der Waals surface area (Å²) in [6.45, 7) is 0.182. The molecule has 2 aromatic rings. The van der Waals surface area contributed by atoms with Crippen molar-refractivity contribution in [2.75, 3.05) is 0 Å². The van der Waals surface area contributed by atoms with E-state index in [1.165, 1.54) is 4.90 Å². The molecule has 5 heteroatoms. The van der Waals surface area contributed by atoms with Gasteiger partial charge in [-0.1, -0.05) is 47.6 Å². The van der Waals surface area contributed by atoms with Gasteiger partial charge >= 0.3 is 0 Å². The second-order valence-electron chi connectivity index (χ2n) is 5.97. The van der Waals surface area contributed by atoms with Gasteiger partial charge < -0.3 is 4.52 Å². The van der Waals surface area contributed by atoms with E-state index in [4.69, 9.17) is 4.52 Å². The van der Waals surface area contributed by atoms with Crippen molar-refractivity contribution in [3.05, 3.63) is 54.2 Å². The van der Waals surface area contributed by atoms with Gasteiger partial charge in [0.25, 0.3) is 0 Å². The molecule has 2 atom stereocenters. The Morgan fingerprint density at radius 3 is 2.35 bits per heavy atom. The number of allylic oxidation sites excluding steroid dienone is 2. The Balaban J connectivity index is 1.54. The number of imide groups is 1. The van der Waals surface area contributed by atoms with Gasteiger partial charge in [-0.3, -0.25) is 14.5 Å². The molecular weight excluding hydrogens is 292 g/mol. The van der Waals surface area contributed by atoms with Crippen molar-refractivity contribution in [1.29, 1.82) is 0 Å². The number of fused-ring (bicyclic) bond motifs is 1. The summed E-state index contributed by atoms with van der Waals surface area (Å²) in [6, 6.07) is 11.4. The number of carbonyl (C=O) groups excluding carboxylic acids is 2. The molecule has 0 unspecified atom stereocenters. The topological polar surface area (TPSA) is 63.4 Å². The summed E-state index contributed by atoms with van der Waals surface area (Å²) in [4.78, 5) is 26.2. The number of amides is 2. The first-order valence-electron chi connectivity index (χ1n) is 7.75. The van der Waals surface area contributed by atoms with Crippen LogP contribution in [0.5, 0.6) is 0 Å². The van der Waals surface area contributed by atoms with Gasteiger partial charge in [0.15, 0.2) is 5.76 Å². The zero-order valence-electron chi connectivity index (χ0n) is 12.5. The van der Waals surface area contributed by atoms with Crippen LogP contribution in [-0.4, -0.2) is 21.9 Å². The van der Waals surface area contributed by atoms with Gasteiger partial charge in [-0.25, -0.2) is 0 Å². The summed E-state index contributed by atoms with van der Waals surface area (Å²) in [5.74, 6) is 0.0574. The van der Waals surface area contributed by atoms with Gasteiger partial charge in [-0.15, -0.1) is 0 Å². The normalized spacial score (nSPS) is 23.4. The predicted molar refractivity (Wildman–Crippen MR) is 82.9 cm³/mol. The third-order valence-electron chi connectivity index (χ3n) is 4.54. The highest BCUT2D eigenvalue weighted by Crippen LogP contribution is 2.35. The van der Waals surface area contributed by atoms with Gasteiger partial charge in [-0.2, -0.15) is 0 Å². The third-order valence-corrected chi connectivity index (χ3v) is 4.54. The maximum Gasteiger partial charge on any atom is 0.233 e. The van der Waals surface area contributed by atoms with Gasteiger partial charge in [0.1, 0.15) is 5.69 Å². The first kappa shape index (κ1) is 13.9. The Morgan fingerprint density at radius 1 is 1.04 bits per heavy atom. The second kappa shape index (κ2) is 5.50. The number of hydrogen-bond donors (Lipinski definition) is 0. The largest absolute Gasteiger partial charge is 0.356 e. The Hall–Kier alpha value is -2.69. The summed E-state index contributed by atoms with van der Waals surface area (Å²) in [6.07, 6.45) is 5.28. The highest BCUT2D eigenvalue weighted by molar-refractivity contribution is 6.05. The summed E-state index contributed by atoms with van der Waals surface area (Å²) in [7, 11) is 0. The van der Waals surface area contributed by atoms with Gasteiger partial charge in [-0.05, 0) is 12.8 Å². The first-order chi connectivity index (χ1) is 11.2. The minimum Gasteiger partial charge on any atom is -0.356 e. The van der Waals surface area contributed by atoms with E-state index in [2.05, 4.69) is 5.16 Å². The van der Waals surface area contributed by atoms with E-state index < -0.39 is 0 Å². The zero-order chi connectivity index (χ0) is 15.8. The van der Waals surface area contributed by atoms with E-state index in [0.29, 0.717) is 24.3 Å². The standard InChI is InChI=1S/C18H16N2O3/c21-17-14-8-4-5-9-15(14)18(22)20(17)11-13-10-16(23-19-13)12-6-2-1-3-7-12/h1-7,10,14-15H,8-9,11H2/t14-,15-/m0/s1. The van der Waals surface area contributed by atoms with E-state index in [-0.39, 0.29) is 30.2 Å². The van der Waals surface area contributed by atoms with Crippen molar-refractivity contribution in [2.24, 2.45) is 11.8 Å². The number of nitrogens with zero attached hydrogens (tertiary/aromatic N) is 2. The van der Waals surface area contributed by atoms with Gasteiger partial charge in [0.05, 0.1) is 18.4 Å². The first-order valence-corrected chi connectivity index (χ1v) is 7.75. The molecule has 4 rings (SSSR count). The minimum absolute atomic E-state index is 0.0892. The Labute approximate surface area is 133 Å². The van der Waals surface area contributed by atoms with E-state index >= 15 is 0 Å². The molecule has 0 radical (unpaired) electrons. The monoisotopic (exact) mass is 308 g/mol. The summed E-state index contributed by atoms with van der Waals surface area (Å²) < 4.78 is 5.34. The lowest BCUT2D eigenvalue weighted by Crippen LogP contribution is -2.30. The number of rotatable bonds is 3. The Kier molecular flexibility index (Phi) is 3.33. The second-order valence-corrected chi connectivity index (χ2v) is 5.97. The van der Waals surface area contributed by atoms with Crippen molar-refractivity contribution < 1.29 is 14.1 Å². The molecule has 2 amide bonds. The molecule has 1 aromatic heterocycles. The number of carbonyl (C=O) groups is 2. The van der Waals surface area contributed by atoms with Crippen LogP contribution in [0, 0.1) is 11.8 Å². The van der Waals surface area contributed by atoms with Crippen LogP contribution < -0.4 is 0 Å². The maximum atomic E-state index is 12.4. The molecule has 1 aliphatic carbocycles. The van der Waals surface area contributed by atoms with E-state index in [1.807, 2.05) is 42.5 Å². The molecule has 0 bridgehead atoms. The molecule has 0 saturated carbocycles. The maximum absolute atomic E-state index is 12.4. The van der Waals surface area contributed by atoms with Crippen molar-refractivity contribution in [3.8, 4) is 11.3 Å². The molecular formula is C18H16N2O3. The summed E-state index contributed by atoms with van der Waals surface area (Å²) in [5, 5.41) is 4.01. The van der Waals surface area contributed by atoms with Gasteiger partial charge in [0, 0.05) is 11.6 Å². The number of benzene rings is 1. The fourth-order valence-electron chi connectivity index (χ4n) is 3.31. The lowest BCUT2D eigenvalue weighted by Gasteiger charge is -2.14. The van der Waals surface area contributed by atoms with Crippen LogP contribution in [0.3, 0.4) is 0 Å². The highest BCUT2D eigenvalue weighted by atomic mass is 16.5. The van der Waals surface area contributed by atoms with Crippen LogP contribution in [0.25, 0.3) is 11.3 Å². The van der Waals surface area contributed by atoms with Crippen LogP contribution in [-0.2, 0) is 16.1 Å². The van der Waals surface area contributed by atoms with E-state index in [0.717, 1.165) is 5.56 Å². The summed E-state index contributed by atoms with van der Waals surface area (Å²) in [5.41, 5.74) is 1.51. The molecule has 1 saturated heterocycles. The van der Waals surface area contributed by atoms with Crippen LogP contribution in [0.2, 0.25) is 0 Å². The minimum atomic E-state index is -0.201. The smallest absolute Gasteiger partial charge is 0.233 e. The molecule has 1 fully saturated rings. The third kappa shape index (κ3) is 2.38. The number of likely N-dealkylation sites (tertiary alicyclic amines) is 1. The molecule has 5 nitrogen and oxygen atoms in total. The molecule has 1 aliphatic heterocycles. The summed E-state index contributed by atoms with van der Waals surface area (Å²) >= 11 is 0. The Morgan fingerprint density at radius 2 is 1.70 bits per heavy atom. The van der Waals surface area contributed by atoms with E-state index in [1.54, 1.807) is 6.07 Å². The molecule has 2 aliphatic rings. The quantitative estimate of drug-likeness (QED) is 0.646. The lowest BCUT2D eigenvalue weighted by atomic mass is 9.85. The lowest BCUT2D eigenvalue weighted by molar-refractivity contribution is -0.140. The highest BCUT2D eigenvalue weighted by Gasteiger charge is 2.47. The molecule has 0 spiro atoms. The Bertz CT molecular complexity index is 753. The average molecular weight is 308 g/mol. The van der Waals surface area contributed by atoms with Crippen molar-refractivity contribution in [1.82, 2.24) is 10.1 Å². The fourth-order valence-corrected chi connectivity index (χ4v) is 3.31.